The zero-order valence-electron chi connectivity index (χ0n) is 14.5. The molecular weight excluding hydrogens is 316 g/mol. The average Bonchev–Trinajstić information content (AvgIpc) is 2.72. The lowest BCUT2D eigenvalue weighted by atomic mass is 10.1. The molecule has 2 heterocycles. The van der Waals surface area contributed by atoms with Gasteiger partial charge in [0, 0.05) is 25.0 Å². The molecule has 3 rings (SSSR count). The quantitative estimate of drug-likeness (QED) is 0.782. The van der Waals surface area contributed by atoms with Crippen molar-refractivity contribution < 1.29 is 9.63 Å². The van der Waals surface area contributed by atoms with Crippen LogP contribution in [0, 0.1) is 0 Å². The van der Waals surface area contributed by atoms with Crippen molar-refractivity contribution in [2.75, 3.05) is 18.7 Å². The molecule has 6 nitrogen and oxygen atoms in total. The lowest BCUT2D eigenvalue weighted by Crippen LogP contribution is -2.48. The summed E-state index contributed by atoms with van der Waals surface area (Å²) in [6, 6.07) is 11.4. The van der Waals surface area contributed by atoms with E-state index in [0.717, 1.165) is 16.8 Å². The molecule has 0 bridgehead atoms. The van der Waals surface area contributed by atoms with E-state index in [1.54, 1.807) is 30.5 Å². The summed E-state index contributed by atoms with van der Waals surface area (Å²) in [6.45, 7) is 6.43. The first-order valence-electron chi connectivity index (χ1n) is 8.19. The summed E-state index contributed by atoms with van der Waals surface area (Å²) in [7, 11) is 1.75. The van der Waals surface area contributed by atoms with Crippen LogP contribution in [0.2, 0.25) is 0 Å². The van der Waals surface area contributed by atoms with Crippen molar-refractivity contribution >= 4 is 11.7 Å². The van der Waals surface area contributed by atoms with Gasteiger partial charge in [0.1, 0.15) is 0 Å². The van der Waals surface area contributed by atoms with Crippen LogP contribution in [0.25, 0.3) is 0 Å². The zero-order chi connectivity index (χ0) is 17.8. The fourth-order valence-electron chi connectivity index (χ4n) is 2.93. The second-order valence-electron chi connectivity index (χ2n) is 5.87. The van der Waals surface area contributed by atoms with Crippen LogP contribution >= 0.6 is 0 Å². The predicted molar refractivity (Wildman–Crippen MR) is 96.4 cm³/mol. The maximum Gasteiger partial charge on any atom is 0.363 e. The number of amides is 2. The largest absolute Gasteiger partial charge is 0.363 e. The summed E-state index contributed by atoms with van der Waals surface area (Å²) in [5, 5.41) is 4.94. The fourth-order valence-corrected chi connectivity index (χ4v) is 2.93. The second kappa shape index (κ2) is 7.36. The van der Waals surface area contributed by atoms with Crippen molar-refractivity contribution in [3.63, 3.8) is 0 Å². The van der Waals surface area contributed by atoms with E-state index in [9.17, 15) is 4.79 Å². The molecule has 1 aromatic carbocycles. The summed E-state index contributed by atoms with van der Waals surface area (Å²) in [6.07, 6.45) is 5.17. The molecule has 1 atom stereocenters. The Labute approximate surface area is 147 Å². The first-order chi connectivity index (χ1) is 12.1. The van der Waals surface area contributed by atoms with E-state index in [-0.39, 0.29) is 18.7 Å². The van der Waals surface area contributed by atoms with E-state index < -0.39 is 0 Å². The molecule has 0 saturated heterocycles. The van der Waals surface area contributed by atoms with Crippen molar-refractivity contribution in [3.8, 4) is 0 Å². The predicted octanol–water partition coefficient (Wildman–Crippen LogP) is 3.55. The van der Waals surface area contributed by atoms with Gasteiger partial charge in [-0.15, -0.1) is 6.58 Å². The van der Waals surface area contributed by atoms with Crippen LogP contribution in [0.3, 0.4) is 0 Å². The number of carbonyl (C=O) groups excluding carboxylic acids is 1. The minimum Gasteiger partial charge on any atom is -0.277 e. The summed E-state index contributed by atoms with van der Waals surface area (Å²) < 4.78 is 0. The smallest absolute Gasteiger partial charge is 0.277 e. The third-order valence-corrected chi connectivity index (χ3v) is 4.23. The Bertz CT molecular complexity index is 750. The minimum absolute atomic E-state index is 0.218. The van der Waals surface area contributed by atoms with Gasteiger partial charge in [0.25, 0.3) is 0 Å². The van der Waals surface area contributed by atoms with Crippen LogP contribution < -0.4 is 5.01 Å². The molecule has 25 heavy (non-hydrogen) atoms. The Kier molecular flexibility index (Phi) is 5.00. The lowest BCUT2D eigenvalue weighted by Gasteiger charge is -2.33. The molecule has 0 radical (unpaired) electrons. The molecule has 2 aromatic rings. The Morgan fingerprint density at radius 2 is 2.08 bits per heavy atom. The highest BCUT2D eigenvalue weighted by molar-refractivity contribution is 5.78. The highest BCUT2D eigenvalue weighted by atomic mass is 16.7. The van der Waals surface area contributed by atoms with E-state index in [1.807, 2.05) is 48.3 Å². The number of pyridine rings is 1. The molecule has 130 valence electrons. The number of urea groups is 1. The monoisotopic (exact) mass is 338 g/mol. The van der Waals surface area contributed by atoms with E-state index in [2.05, 4.69) is 11.6 Å². The van der Waals surface area contributed by atoms with Crippen molar-refractivity contribution in [3.05, 3.63) is 72.6 Å². The Morgan fingerprint density at radius 1 is 1.28 bits per heavy atom. The maximum absolute atomic E-state index is 13.0. The van der Waals surface area contributed by atoms with E-state index in [0.29, 0.717) is 6.54 Å². The number of benzene rings is 1. The Balaban J connectivity index is 2.02. The number of para-hydroxylation sites is 1. The molecule has 2 amide bonds. The van der Waals surface area contributed by atoms with Gasteiger partial charge in [-0.2, -0.15) is 5.06 Å². The van der Waals surface area contributed by atoms with Crippen molar-refractivity contribution in [1.82, 2.24) is 15.1 Å². The normalized spacial score (nSPS) is 17.3. The number of nitrogens with zero attached hydrogens (tertiary/aromatic N) is 4. The number of aromatic nitrogens is 1. The third-order valence-electron chi connectivity index (χ3n) is 4.23. The van der Waals surface area contributed by atoms with E-state index in [4.69, 9.17) is 4.84 Å². The van der Waals surface area contributed by atoms with Crippen LogP contribution in [0.4, 0.5) is 10.5 Å². The lowest BCUT2D eigenvalue weighted by molar-refractivity contribution is -0.136. The summed E-state index contributed by atoms with van der Waals surface area (Å²) in [4.78, 5) is 22.8. The number of anilines is 1. The maximum atomic E-state index is 13.0. The number of fused-ring (bicyclic) bond motifs is 1. The number of hydroxylamine groups is 2. The molecule has 1 aromatic heterocycles. The van der Waals surface area contributed by atoms with Gasteiger partial charge < -0.3 is 0 Å². The number of hydrogen-bond donors (Lipinski definition) is 0. The molecule has 1 unspecified atom stereocenters. The molecule has 1 aliphatic heterocycles. The van der Waals surface area contributed by atoms with Crippen LogP contribution in [-0.2, 0) is 11.4 Å². The van der Waals surface area contributed by atoms with Crippen LogP contribution in [0.15, 0.2) is 61.4 Å². The standard InChI is InChI=1S/C19H22N4O2/c1-4-12-25-23-15(2)17-9-5-6-10-18(17)22(21(3)19(23)24)14-16-8-7-11-20-13-16/h4-11,13,15H,1,12,14H2,2-3H3. The molecule has 0 N–H and O–H groups in total. The summed E-state index contributed by atoms with van der Waals surface area (Å²) >= 11 is 0. The Morgan fingerprint density at radius 3 is 2.80 bits per heavy atom. The van der Waals surface area contributed by atoms with Crippen LogP contribution in [-0.4, -0.2) is 34.7 Å². The van der Waals surface area contributed by atoms with E-state index in [1.165, 1.54) is 5.06 Å². The first kappa shape index (κ1) is 17.0. The summed E-state index contributed by atoms with van der Waals surface area (Å²) in [5.41, 5.74) is 3.01. The topological polar surface area (TPSA) is 48.9 Å². The van der Waals surface area contributed by atoms with Crippen LogP contribution in [0.1, 0.15) is 24.1 Å². The van der Waals surface area contributed by atoms with Gasteiger partial charge in [0.05, 0.1) is 24.9 Å². The number of hydrogen-bond acceptors (Lipinski definition) is 4. The molecule has 1 aliphatic rings. The van der Waals surface area contributed by atoms with Gasteiger partial charge in [-0.25, -0.2) is 9.80 Å². The van der Waals surface area contributed by atoms with Crippen molar-refractivity contribution in [1.29, 1.82) is 0 Å². The second-order valence-corrected chi connectivity index (χ2v) is 5.87. The van der Waals surface area contributed by atoms with Crippen molar-refractivity contribution in [2.45, 2.75) is 19.5 Å². The van der Waals surface area contributed by atoms with Gasteiger partial charge >= 0.3 is 6.03 Å². The number of rotatable bonds is 5. The SMILES string of the molecule is C=CCON1C(=O)N(C)N(Cc2cccnc2)c2ccccc2C1C. The average molecular weight is 338 g/mol. The van der Waals surface area contributed by atoms with Crippen LogP contribution in [0.5, 0.6) is 0 Å². The highest BCUT2D eigenvalue weighted by Gasteiger charge is 2.35. The molecule has 0 aliphatic carbocycles. The molecule has 0 spiro atoms. The van der Waals surface area contributed by atoms with Gasteiger partial charge in [-0.1, -0.05) is 30.3 Å². The van der Waals surface area contributed by atoms with Gasteiger partial charge in [-0.3, -0.25) is 14.8 Å². The molecule has 0 fully saturated rings. The fraction of sp³-hybridized carbons (Fsp3) is 0.263. The number of hydrazine groups is 1. The van der Waals surface area contributed by atoms with E-state index >= 15 is 0 Å². The van der Waals surface area contributed by atoms with Crippen molar-refractivity contribution in [2.24, 2.45) is 0 Å². The van der Waals surface area contributed by atoms with Gasteiger partial charge in [0.15, 0.2) is 0 Å². The molecule has 0 saturated carbocycles. The molecular formula is C19H22N4O2. The van der Waals surface area contributed by atoms with Gasteiger partial charge in [-0.05, 0) is 24.6 Å². The first-order valence-corrected chi connectivity index (χ1v) is 8.19. The summed E-state index contributed by atoms with van der Waals surface area (Å²) in [5.74, 6) is 0. The highest BCUT2D eigenvalue weighted by Crippen LogP contribution is 2.35. The Hall–Kier alpha value is -2.86. The third kappa shape index (κ3) is 3.34. The minimum atomic E-state index is -0.227. The number of carbonyl (C=O) groups is 1. The van der Waals surface area contributed by atoms with Gasteiger partial charge in [0.2, 0.25) is 0 Å². The molecule has 6 heteroatoms. The zero-order valence-corrected chi connectivity index (χ0v) is 14.5.